The number of rotatable bonds is 3. The Labute approximate surface area is 120 Å². The maximum atomic E-state index is 13.6. The molecule has 8 heteroatoms. The van der Waals surface area contributed by atoms with E-state index in [9.17, 15) is 18.9 Å². The van der Waals surface area contributed by atoms with Crippen LogP contribution in [0.3, 0.4) is 0 Å². The van der Waals surface area contributed by atoms with E-state index in [0.717, 1.165) is 12.1 Å². The smallest absolute Gasteiger partial charge is 0.334 e. The maximum absolute atomic E-state index is 13.6. The summed E-state index contributed by atoms with van der Waals surface area (Å²) in [7, 11) is 0. The van der Waals surface area contributed by atoms with Gasteiger partial charge in [0.25, 0.3) is 5.88 Å². The predicted molar refractivity (Wildman–Crippen MR) is 69.8 cm³/mol. The van der Waals surface area contributed by atoms with Gasteiger partial charge in [-0.25, -0.2) is 9.37 Å². The molecule has 0 radical (unpaired) electrons. The normalized spacial score (nSPS) is 10.4. The molecule has 104 valence electrons. The van der Waals surface area contributed by atoms with Crippen LogP contribution in [0.5, 0.6) is 11.6 Å². The van der Waals surface area contributed by atoms with E-state index < -0.39 is 33.9 Å². The van der Waals surface area contributed by atoms with E-state index in [1.54, 1.807) is 0 Å². The van der Waals surface area contributed by atoms with Crippen LogP contribution in [0, 0.1) is 28.7 Å². The lowest BCUT2D eigenvalue weighted by Gasteiger charge is -2.08. The Balaban J connectivity index is 2.51. The number of aryl methyl sites for hydroxylation is 1. The number of aromatic nitrogens is 1. The van der Waals surface area contributed by atoms with Crippen LogP contribution in [0.2, 0.25) is 0 Å². The van der Waals surface area contributed by atoms with Gasteiger partial charge in [0, 0.05) is 16.2 Å². The zero-order valence-electron chi connectivity index (χ0n) is 10.1. The lowest BCUT2D eigenvalue weighted by molar-refractivity contribution is -0.386. The third-order valence-electron chi connectivity index (χ3n) is 2.44. The molecule has 2 rings (SSSR count). The molecule has 0 atom stereocenters. The molecule has 0 unspecified atom stereocenters. The highest BCUT2D eigenvalue weighted by Crippen LogP contribution is 2.34. The Bertz CT molecular complexity index is 695. The number of hydrogen-bond acceptors (Lipinski definition) is 4. The first-order valence-electron chi connectivity index (χ1n) is 5.32. The van der Waals surface area contributed by atoms with E-state index >= 15 is 0 Å². The van der Waals surface area contributed by atoms with Crippen LogP contribution in [0.15, 0.2) is 28.9 Å². The Hall–Kier alpha value is -2.09. The number of nitrogens with zero attached hydrogens (tertiary/aromatic N) is 2. The highest BCUT2D eigenvalue weighted by Gasteiger charge is 2.22. The quantitative estimate of drug-likeness (QED) is 0.477. The standard InChI is InChI=1S/C12H7BrF2N2O3/c1-6-2-3-16-12(11(6)17(18)19)20-9-5-7(13)4-8(14)10(9)15/h2-5H,1H3. The SMILES string of the molecule is Cc1ccnc(Oc2cc(Br)cc(F)c2F)c1[N+](=O)[O-]. The molecule has 0 saturated heterocycles. The van der Waals surface area contributed by atoms with Crippen molar-refractivity contribution in [3.8, 4) is 11.6 Å². The van der Waals surface area contributed by atoms with Crippen LogP contribution in [0.4, 0.5) is 14.5 Å². The fourth-order valence-corrected chi connectivity index (χ4v) is 1.94. The van der Waals surface area contributed by atoms with Gasteiger partial charge >= 0.3 is 5.69 Å². The predicted octanol–water partition coefficient (Wildman–Crippen LogP) is 4.13. The molecule has 1 aromatic carbocycles. The largest absolute Gasteiger partial charge is 0.430 e. The van der Waals surface area contributed by atoms with Crippen molar-refractivity contribution in [3.63, 3.8) is 0 Å². The van der Waals surface area contributed by atoms with Crippen molar-refractivity contribution in [2.24, 2.45) is 0 Å². The lowest BCUT2D eigenvalue weighted by atomic mass is 10.2. The second-order valence-corrected chi connectivity index (χ2v) is 4.76. The fourth-order valence-electron chi connectivity index (χ4n) is 1.53. The molecule has 1 heterocycles. The number of benzene rings is 1. The summed E-state index contributed by atoms with van der Waals surface area (Å²) >= 11 is 2.98. The molecule has 0 amide bonds. The summed E-state index contributed by atoms with van der Waals surface area (Å²) in [6.07, 6.45) is 1.28. The van der Waals surface area contributed by atoms with Gasteiger partial charge in [-0.15, -0.1) is 0 Å². The minimum atomic E-state index is -1.24. The van der Waals surface area contributed by atoms with Crippen LogP contribution in [0.25, 0.3) is 0 Å². The number of nitro groups is 1. The van der Waals surface area contributed by atoms with Crippen molar-refractivity contribution in [2.75, 3.05) is 0 Å². The highest BCUT2D eigenvalue weighted by atomic mass is 79.9. The van der Waals surface area contributed by atoms with Crippen LogP contribution >= 0.6 is 15.9 Å². The van der Waals surface area contributed by atoms with Crippen molar-refractivity contribution in [1.82, 2.24) is 4.98 Å². The Morgan fingerprint density at radius 3 is 2.75 bits per heavy atom. The molecule has 2 aromatic rings. The minimum Gasteiger partial charge on any atom is -0.430 e. The average molecular weight is 345 g/mol. The van der Waals surface area contributed by atoms with E-state index in [0.29, 0.717) is 5.56 Å². The van der Waals surface area contributed by atoms with E-state index in [1.807, 2.05) is 0 Å². The first-order chi connectivity index (χ1) is 9.40. The average Bonchev–Trinajstić information content (AvgIpc) is 2.35. The second-order valence-electron chi connectivity index (χ2n) is 3.84. The number of halogens is 3. The lowest BCUT2D eigenvalue weighted by Crippen LogP contribution is -2.00. The molecule has 0 N–H and O–H groups in total. The minimum absolute atomic E-state index is 0.238. The van der Waals surface area contributed by atoms with Gasteiger partial charge in [-0.2, -0.15) is 4.39 Å². The van der Waals surface area contributed by atoms with Gasteiger partial charge in [-0.1, -0.05) is 15.9 Å². The summed E-state index contributed by atoms with van der Waals surface area (Å²) < 4.78 is 32.1. The first kappa shape index (κ1) is 14.3. The highest BCUT2D eigenvalue weighted by molar-refractivity contribution is 9.10. The zero-order valence-corrected chi connectivity index (χ0v) is 11.6. The third kappa shape index (κ3) is 2.74. The van der Waals surface area contributed by atoms with Crippen LogP contribution in [-0.4, -0.2) is 9.91 Å². The van der Waals surface area contributed by atoms with E-state index in [-0.39, 0.29) is 4.47 Å². The molecule has 5 nitrogen and oxygen atoms in total. The Morgan fingerprint density at radius 2 is 2.10 bits per heavy atom. The van der Waals surface area contributed by atoms with Crippen LogP contribution < -0.4 is 4.74 Å². The summed E-state index contributed by atoms with van der Waals surface area (Å²) in [5.74, 6) is -3.26. The van der Waals surface area contributed by atoms with Crippen molar-refractivity contribution < 1.29 is 18.4 Å². The van der Waals surface area contributed by atoms with Gasteiger partial charge in [-0.05, 0) is 25.1 Å². The summed E-state index contributed by atoms with van der Waals surface area (Å²) in [5, 5.41) is 11.0. The van der Waals surface area contributed by atoms with E-state index in [2.05, 4.69) is 20.9 Å². The summed E-state index contributed by atoms with van der Waals surface area (Å²) in [6.45, 7) is 1.49. The fraction of sp³-hybridized carbons (Fsp3) is 0.0833. The summed E-state index contributed by atoms with van der Waals surface area (Å²) in [4.78, 5) is 14.0. The van der Waals surface area contributed by atoms with Gasteiger partial charge in [-0.3, -0.25) is 10.1 Å². The molecule has 0 spiro atoms. The van der Waals surface area contributed by atoms with Gasteiger partial charge in [0.2, 0.25) is 5.82 Å². The molecule has 20 heavy (non-hydrogen) atoms. The van der Waals surface area contributed by atoms with Crippen LogP contribution in [-0.2, 0) is 0 Å². The summed E-state index contributed by atoms with van der Waals surface area (Å²) in [6, 6.07) is 3.50. The third-order valence-corrected chi connectivity index (χ3v) is 2.90. The van der Waals surface area contributed by atoms with E-state index in [1.165, 1.54) is 19.2 Å². The Kier molecular flexibility index (Phi) is 3.93. The Morgan fingerprint density at radius 1 is 1.40 bits per heavy atom. The second kappa shape index (κ2) is 5.49. The molecule has 0 bridgehead atoms. The molecule has 0 fully saturated rings. The molecular weight excluding hydrogens is 338 g/mol. The number of pyridine rings is 1. The topological polar surface area (TPSA) is 65.3 Å². The van der Waals surface area contributed by atoms with Crippen LogP contribution in [0.1, 0.15) is 5.56 Å². The molecular formula is C12H7BrF2N2O3. The summed E-state index contributed by atoms with van der Waals surface area (Å²) in [5.41, 5.74) is -0.0943. The molecule has 0 aliphatic heterocycles. The van der Waals surface area contributed by atoms with Gasteiger partial charge in [0.05, 0.1) is 4.92 Å². The maximum Gasteiger partial charge on any atom is 0.334 e. The first-order valence-corrected chi connectivity index (χ1v) is 6.12. The molecule has 0 aliphatic carbocycles. The zero-order chi connectivity index (χ0) is 14.9. The van der Waals surface area contributed by atoms with Crippen molar-refractivity contribution in [1.29, 1.82) is 0 Å². The van der Waals surface area contributed by atoms with Gasteiger partial charge < -0.3 is 4.74 Å². The van der Waals surface area contributed by atoms with E-state index in [4.69, 9.17) is 4.74 Å². The van der Waals surface area contributed by atoms with Crippen molar-refractivity contribution >= 4 is 21.6 Å². The monoisotopic (exact) mass is 344 g/mol. The molecule has 0 saturated carbocycles. The molecule has 0 aliphatic rings. The molecule has 1 aromatic heterocycles. The number of ether oxygens (including phenoxy) is 1. The number of hydrogen-bond donors (Lipinski definition) is 0. The van der Waals surface area contributed by atoms with Gasteiger partial charge in [0.1, 0.15) is 0 Å². The van der Waals surface area contributed by atoms with Crippen molar-refractivity contribution in [2.45, 2.75) is 6.92 Å². The van der Waals surface area contributed by atoms with Gasteiger partial charge in [0.15, 0.2) is 11.6 Å². The van der Waals surface area contributed by atoms with Crippen molar-refractivity contribution in [3.05, 3.63) is 56.2 Å².